The second-order valence-corrected chi connectivity index (χ2v) is 5.83. The summed E-state index contributed by atoms with van der Waals surface area (Å²) in [4.78, 5) is 23.7. The number of ether oxygens (including phenoxy) is 2. The zero-order valence-electron chi connectivity index (χ0n) is 14.3. The maximum atomic E-state index is 12.0. The van der Waals surface area contributed by atoms with E-state index in [4.69, 9.17) is 9.47 Å². The van der Waals surface area contributed by atoms with E-state index in [0.717, 1.165) is 0 Å². The summed E-state index contributed by atoms with van der Waals surface area (Å²) < 4.78 is 10.8. The van der Waals surface area contributed by atoms with Crippen molar-refractivity contribution < 1.29 is 19.1 Å². The van der Waals surface area contributed by atoms with Crippen molar-refractivity contribution in [3.8, 4) is 11.5 Å². The summed E-state index contributed by atoms with van der Waals surface area (Å²) in [5.74, 6) is 0.848. The number of rotatable bonds is 7. The van der Waals surface area contributed by atoms with Crippen LogP contribution in [0.1, 0.15) is 24.2 Å². The molecular formula is C19H22N2O4. The van der Waals surface area contributed by atoms with E-state index in [1.807, 2.05) is 18.2 Å². The molecule has 0 atom stereocenters. The Morgan fingerprint density at radius 1 is 0.880 bits per heavy atom. The van der Waals surface area contributed by atoms with E-state index in [2.05, 4.69) is 24.7 Å². The van der Waals surface area contributed by atoms with Gasteiger partial charge >= 0.3 is 0 Å². The standard InChI is InChI=1S/C19H22N2O4/c1-14(2)12-24-17-10-8-15(9-11-17)19(23)21-20-18(22)13-25-16-6-4-3-5-7-16/h3-11,14H,12-13H2,1-2H3,(H,20,22)(H,21,23). The average Bonchev–Trinajstić information content (AvgIpc) is 2.64. The highest BCUT2D eigenvalue weighted by Gasteiger charge is 2.08. The van der Waals surface area contributed by atoms with Gasteiger partial charge in [0, 0.05) is 5.56 Å². The number of nitrogens with one attached hydrogen (secondary N) is 2. The van der Waals surface area contributed by atoms with Gasteiger partial charge in [0.1, 0.15) is 11.5 Å². The molecule has 2 amide bonds. The molecule has 2 aromatic carbocycles. The lowest BCUT2D eigenvalue weighted by molar-refractivity contribution is -0.123. The summed E-state index contributed by atoms with van der Waals surface area (Å²) in [5.41, 5.74) is 5.07. The first-order valence-electron chi connectivity index (χ1n) is 8.04. The maximum Gasteiger partial charge on any atom is 0.276 e. The van der Waals surface area contributed by atoms with Crippen molar-refractivity contribution in [2.24, 2.45) is 5.92 Å². The molecule has 25 heavy (non-hydrogen) atoms. The van der Waals surface area contributed by atoms with Gasteiger partial charge in [0.05, 0.1) is 6.61 Å². The number of benzene rings is 2. The molecule has 2 rings (SSSR count). The highest BCUT2D eigenvalue weighted by atomic mass is 16.5. The average molecular weight is 342 g/mol. The third-order valence-electron chi connectivity index (χ3n) is 3.13. The Hall–Kier alpha value is -3.02. The normalized spacial score (nSPS) is 10.2. The Morgan fingerprint density at radius 2 is 1.52 bits per heavy atom. The lowest BCUT2D eigenvalue weighted by Crippen LogP contribution is -2.43. The van der Waals surface area contributed by atoms with Crippen LogP contribution < -0.4 is 20.3 Å². The first kappa shape index (κ1) is 18.3. The number of amides is 2. The zero-order chi connectivity index (χ0) is 18.1. The maximum absolute atomic E-state index is 12.0. The number of para-hydroxylation sites is 1. The van der Waals surface area contributed by atoms with Crippen LogP contribution in [0.25, 0.3) is 0 Å². The van der Waals surface area contributed by atoms with Crippen molar-refractivity contribution in [1.29, 1.82) is 0 Å². The van der Waals surface area contributed by atoms with Crippen LogP contribution in [0.3, 0.4) is 0 Å². The van der Waals surface area contributed by atoms with E-state index in [1.165, 1.54) is 0 Å². The smallest absolute Gasteiger partial charge is 0.276 e. The largest absolute Gasteiger partial charge is 0.493 e. The molecule has 0 aliphatic carbocycles. The quantitative estimate of drug-likeness (QED) is 0.758. The van der Waals surface area contributed by atoms with Crippen molar-refractivity contribution in [3.05, 3.63) is 60.2 Å². The summed E-state index contributed by atoms with van der Waals surface area (Å²) in [6, 6.07) is 15.7. The number of hydrogen-bond acceptors (Lipinski definition) is 4. The van der Waals surface area contributed by atoms with E-state index in [0.29, 0.717) is 29.6 Å². The van der Waals surface area contributed by atoms with Crippen molar-refractivity contribution in [2.75, 3.05) is 13.2 Å². The molecule has 0 aliphatic rings. The first-order valence-corrected chi connectivity index (χ1v) is 8.04. The molecular weight excluding hydrogens is 320 g/mol. The fourth-order valence-electron chi connectivity index (χ4n) is 1.87. The molecule has 0 unspecified atom stereocenters. The molecule has 0 saturated heterocycles. The minimum absolute atomic E-state index is 0.188. The van der Waals surface area contributed by atoms with Crippen LogP contribution in [-0.4, -0.2) is 25.0 Å². The summed E-state index contributed by atoms with van der Waals surface area (Å²) in [6.45, 7) is 4.55. The van der Waals surface area contributed by atoms with Gasteiger partial charge in [0.25, 0.3) is 11.8 Å². The third-order valence-corrected chi connectivity index (χ3v) is 3.13. The van der Waals surface area contributed by atoms with Crippen LogP contribution in [0.4, 0.5) is 0 Å². The van der Waals surface area contributed by atoms with Crippen LogP contribution in [-0.2, 0) is 4.79 Å². The molecule has 0 aliphatic heterocycles. The second-order valence-electron chi connectivity index (χ2n) is 5.83. The van der Waals surface area contributed by atoms with Crippen LogP contribution in [0.2, 0.25) is 0 Å². The second kappa shape index (κ2) is 9.32. The fraction of sp³-hybridized carbons (Fsp3) is 0.263. The van der Waals surface area contributed by atoms with Crippen LogP contribution in [0, 0.1) is 5.92 Å². The molecule has 0 saturated carbocycles. The summed E-state index contributed by atoms with van der Waals surface area (Å²) >= 11 is 0. The van der Waals surface area contributed by atoms with Gasteiger partial charge in [-0.25, -0.2) is 0 Å². The van der Waals surface area contributed by atoms with Crippen molar-refractivity contribution >= 4 is 11.8 Å². The van der Waals surface area contributed by atoms with Crippen LogP contribution in [0.5, 0.6) is 11.5 Å². The molecule has 0 radical (unpaired) electrons. The zero-order valence-corrected chi connectivity index (χ0v) is 14.3. The Bertz CT molecular complexity index is 684. The molecule has 2 aromatic rings. The number of hydrogen-bond donors (Lipinski definition) is 2. The van der Waals surface area contributed by atoms with E-state index < -0.39 is 11.8 Å². The van der Waals surface area contributed by atoms with Crippen molar-refractivity contribution in [2.45, 2.75) is 13.8 Å². The molecule has 6 heteroatoms. The van der Waals surface area contributed by atoms with Crippen LogP contribution >= 0.6 is 0 Å². The molecule has 0 aromatic heterocycles. The van der Waals surface area contributed by atoms with Gasteiger partial charge in [-0.1, -0.05) is 32.0 Å². The van der Waals surface area contributed by atoms with Crippen LogP contribution in [0.15, 0.2) is 54.6 Å². The third kappa shape index (κ3) is 6.55. The Kier molecular flexibility index (Phi) is 6.83. The van der Waals surface area contributed by atoms with E-state index in [-0.39, 0.29) is 6.61 Å². The SMILES string of the molecule is CC(C)COc1ccc(C(=O)NNC(=O)COc2ccccc2)cc1. The minimum atomic E-state index is -0.450. The first-order chi connectivity index (χ1) is 12.0. The fourth-order valence-corrected chi connectivity index (χ4v) is 1.87. The van der Waals surface area contributed by atoms with Gasteiger partial charge < -0.3 is 9.47 Å². The Balaban J connectivity index is 1.74. The molecule has 2 N–H and O–H groups in total. The molecule has 0 fully saturated rings. The number of hydrazine groups is 1. The monoisotopic (exact) mass is 342 g/mol. The summed E-state index contributed by atoms with van der Waals surface area (Å²) in [6.07, 6.45) is 0. The van der Waals surface area contributed by atoms with Gasteiger partial charge in [-0.3, -0.25) is 20.4 Å². The van der Waals surface area contributed by atoms with E-state index in [1.54, 1.807) is 36.4 Å². The van der Waals surface area contributed by atoms with Gasteiger partial charge in [0.2, 0.25) is 0 Å². The van der Waals surface area contributed by atoms with Gasteiger partial charge in [-0.05, 0) is 42.3 Å². The summed E-state index contributed by atoms with van der Waals surface area (Å²) in [5, 5.41) is 0. The molecule has 0 spiro atoms. The van der Waals surface area contributed by atoms with Gasteiger partial charge in [0.15, 0.2) is 6.61 Å². The van der Waals surface area contributed by atoms with Crippen molar-refractivity contribution in [3.63, 3.8) is 0 Å². The highest BCUT2D eigenvalue weighted by Crippen LogP contribution is 2.13. The molecule has 0 heterocycles. The highest BCUT2D eigenvalue weighted by molar-refractivity contribution is 5.95. The lowest BCUT2D eigenvalue weighted by Gasteiger charge is -2.10. The molecule has 6 nitrogen and oxygen atoms in total. The molecule has 132 valence electrons. The number of carbonyl (C=O) groups is 2. The predicted octanol–water partition coefficient (Wildman–Crippen LogP) is 2.56. The predicted molar refractivity (Wildman–Crippen MR) is 94.3 cm³/mol. The molecule has 0 bridgehead atoms. The Labute approximate surface area is 147 Å². The van der Waals surface area contributed by atoms with E-state index >= 15 is 0 Å². The number of carbonyl (C=O) groups excluding carboxylic acids is 2. The van der Waals surface area contributed by atoms with Gasteiger partial charge in [-0.15, -0.1) is 0 Å². The Morgan fingerprint density at radius 3 is 2.16 bits per heavy atom. The lowest BCUT2D eigenvalue weighted by atomic mass is 10.2. The topological polar surface area (TPSA) is 76.7 Å². The van der Waals surface area contributed by atoms with Crippen molar-refractivity contribution in [1.82, 2.24) is 10.9 Å². The summed E-state index contributed by atoms with van der Waals surface area (Å²) in [7, 11) is 0. The minimum Gasteiger partial charge on any atom is -0.493 e. The van der Waals surface area contributed by atoms with Gasteiger partial charge in [-0.2, -0.15) is 0 Å². The van der Waals surface area contributed by atoms with E-state index in [9.17, 15) is 9.59 Å².